The monoisotopic (exact) mass is 543 g/mol. The molecule has 2 aliphatic heterocycles. The van der Waals surface area contributed by atoms with Crippen molar-refractivity contribution in [2.75, 3.05) is 56.2 Å². The second-order valence-corrected chi connectivity index (χ2v) is 10.1. The molecule has 4 heterocycles. The summed E-state index contributed by atoms with van der Waals surface area (Å²) in [5.41, 5.74) is 0.957. The molecule has 2 N–H and O–H groups in total. The highest BCUT2D eigenvalue weighted by Crippen LogP contribution is 2.29. The minimum Gasteiger partial charge on any atom is -0.396 e. The fraction of sp³-hybridized carbons (Fsp3) is 0.556. The molecule has 2 fully saturated rings. The van der Waals surface area contributed by atoms with Gasteiger partial charge in [-0.1, -0.05) is 12.1 Å². The van der Waals surface area contributed by atoms with Gasteiger partial charge in [0.2, 0.25) is 11.9 Å². The number of aromatic nitrogens is 4. The highest BCUT2D eigenvalue weighted by atomic mass is 19.3. The lowest BCUT2D eigenvalue weighted by Crippen LogP contribution is -2.45. The molecule has 1 atom stereocenters. The van der Waals surface area contributed by atoms with E-state index in [4.69, 9.17) is 9.84 Å². The van der Waals surface area contributed by atoms with E-state index in [1.807, 2.05) is 9.80 Å². The van der Waals surface area contributed by atoms with Gasteiger partial charge in [0, 0.05) is 38.9 Å². The molecule has 0 spiro atoms. The van der Waals surface area contributed by atoms with E-state index in [0.717, 1.165) is 25.7 Å². The van der Waals surface area contributed by atoms with E-state index < -0.39 is 18.3 Å². The fourth-order valence-corrected chi connectivity index (χ4v) is 5.34. The second kappa shape index (κ2) is 12.2. The summed E-state index contributed by atoms with van der Waals surface area (Å²) in [6, 6.07) is 8.01. The third-order valence-corrected chi connectivity index (χ3v) is 7.46. The van der Waals surface area contributed by atoms with E-state index >= 15 is 0 Å². The van der Waals surface area contributed by atoms with Gasteiger partial charge in [0.15, 0.2) is 5.82 Å². The molecule has 0 aliphatic carbocycles. The van der Waals surface area contributed by atoms with Crippen molar-refractivity contribution in [1.29, 1.82) is 0 Å². The van der Waals surface area contributed by atoms with Gasteiger partial charge in [0.25, 0.3) is 6.43 Å². The van der Waals surface area contributed by atoms with E-state index in [2.05, 4.69) is 20.3 Å². The van der Waals surface area contributed by atoms with E-state index in [-0.39, 0.29) is 24.3 Å². The number of amides is 1. The number of ether oxygens (including phenoxy) is 1. The maximum atomic E-state index is 14.1. The number of rotatable bonds is 9. The van der Waals surface area contributed by atoms with Crippen LogP contribution in [0.4, 0.5) is 20.5 Å². The molecule has 0 saturated carbocycles. The van der Waals surface area contributed by atoms with Crippen molar-refractivity contribution >= 4 is 28.7 Å². The predicted octanol–water partition coefficient (Wildman–Crippen LogP) is 3.40. The van der Waals surface area contributed by atoms with E-state index in [9.17, 15) is 13.6 Å². The number of hydrogen-bond acceptors (Lipinski definition) is 8. The van der Waals surface area contributed by atoms with Crippen LogP contribution in [0.3, 0.4) is 0 Å². The number of aliphatic hydroxyl groups is 1. The van der Waals surface area contributed by atoms with Crippen LogP contribution in [0.5, 0.6) is 0 Å². The normalized spacial score (nSPS) is 17.7. The Kier molecular flexibility index (Phi) is 8.51. The van der Waals surface area contributed by atoms with Gasteiger partial charge >= 0.3 is 0 Å². The van der Waals surface area contributed by atoms with Gasteiger partial charge in [-0.2, -0.15) is 9.97 Å². The Hall–Kier alpha value is -3.38. The molecule has 1 aromatic carbocycles. The number of morpholine rings is 1. The first kappa shape index (κ1) is 27.2. The molecule has 2 aliphatic rings. The van der Waals surface area contributed by atoms with Crippen molar-refractivity contribution in [3.05, 3.63) is 36.2 Å². The topological polar surface area (TPSA) is 109 Å². The summed E-state index contributed by atoms with van der Waals surface area (Å²) in [5.74, 6) is 1.07. The van der Waals surface area contributed by atoms with Crippen molar-refractivity contribution in [2.24, 2.45) is 5.92 Å². The lowest BCUT2D eigenvalue weighted by molar-refractivity contribution is -0.133. The van der Waals surface area contributed by atoms with Crippen LogP contribution in [-0.2, 0) is 9.53 Å². The minimum absolute atomic E-state index is 0.0566. The van der Waals surface area contributed by atoms with E-state index in [1.165, 1.54) is 4.57 Å². The number of anilines is 2. The third kappa shape index (κ3) is 6.11. The van der Waals surface area contributed by atoms with Crippen LogP contribution in [0.1, 0.15) is 44.9 Å². The maximum absolute atomic E-state index is 14.1. The lowest BCUT2D eigenvalue weighted by Gasteiger charge is -2.34. The van der Waals surface area contributed by atoms with Gasteiger partial charge in [-0.3, -0.25) is 9.36 Å². The number of likely N-dealkylation sites (tertiary alicyclic amines) is 1. The number of alkyl halides is 2. The van der Waals surface area contributed by atoms with Crippen molar-refractivity contribution < 1.29 is 23.4 Å². The fourth-order valence-electron chi connectivity index (χ4n) is 5.34. The van der Waals surface area contributed by atoms with Crippen LogP contribution in [0.15, 0.2) is 30.3 Å². The van der Waals surface area contributed by atoms with Crippen LogP contribution in [-0.4, -0.2) is 87.5 Å². The van der Waals surface area contributed by atoms with Crippen LogP contribution < -0.4 is 10.2 Å². The summed E-state index contributed by atoms with van der Waals surface area (Å²) in [7, 11) is 0. The summed E-state index contributed by atoms with van der Waals surface area (Å²) in [5, 5.41) is 12.2. The quantitative estimate of drug-likeness (QED) is 0.423. The summed E-state index contributed by atoms with van der Waals surface area (Å²) >= 11 is 0. The molecule has 10 nitrogen and oxygen atoms in total. The first-order valence-corrected chi connectivity index (χ1v) is 13.6. The maximum Gasteiger partial charge on any atom is 0.296 e. The van der Waals surface area contributed by atoms with Crippen LogP contribution in [0, 0.1) is 5.92 Å². The minimum atomic E-state index is -2.81. The zero-order valence-electron chi connectivity index (χ0n) is 22.1. The van der Waals surface area contributed by atoms with Crippen LogP contribution in [0.2, 0.25) is 0 Å². The molecule has 1 amide bonds. The second-order valence-electron chi connectivity index (χ2n) is 10.1. The summed E-state index contributed by atoms with van der Waals surface area (Å²) in [6.45, 7) is 5.55. The van der Waals surface area contributed by atoms with Gasteiger partial charge in [-0.25, -0.2) is 13.8 Å². The Bertz CT molecular complexity index is 1270. The number of fused-ring (bicyclic) bond motifs is 1. The number of imidazole rings is 1. The molecule has 0 bridgehead atoms. The van der Waals surface area contributed by atoms with Gasteiger partial charge in [-0.05, 0) is 50.7 Å². The largest absolute Gasteiger partial charge is 0.396 e. The van der Waals surface area contributed by atoms with E-state index in [1.54, 1.807) is 37.3 Å². The Balaban J connectivity index is 1.42. The van der Waals surface area contributed by atoms with Gasteiger partial charge in [0.05, 0.1) is 24.2 Å². The number of halogens is 2. The zero-order valence-corrected chi connectivity index (χ0v) is 22.1. The SMILES string of the molecule is C[C@H](Nc1nc(N2CCOCC2)cc(-n2c(C(F)F)nc3ccccc32)n1)C(=O)N1CCC(CCCO)CC1. The van der Waals surface area contributed by atoms with Gasteiger partial charge < -0.3 is 25.0 Å². The Morgan fingerprint density at radius 1 is 1.10 bits per heavy atom. The van der Waals surface area contributed by atoms with Crippen molar-refractivity contribution in [1.82, 2.24) is 24.4 Å². The van der Waals surface area contributed by atoms with Crippen LogP contribution >= 0.6 is 0 Å². The zero-order chi connectivity index (χ0) is 27.4. The number of carbonyl (C=O) groups excluding carboxylic acids is 1. The smallest absolute Gasteiger partial charge is 0.296 e. The van der Waals surface area contributed by atoms with E-state index in [0.29, 0.717) is 62.2 Å². The first-order valence-electron chi connectivity index (χ1n) is 13.6. The van der Waals surface area contributed by atoms with Crippen molar-refractivity contribution in [3.63, 3.8) is 0 Å². The van der Waals surface area contributed by atoms with Gasteiger partial charge in [-0.15, -0.1) is 0 Å². The molecule has 2 aromatic heterocycles. The first-order chi connectivity index (χ1) is 18.9. The molecule has 3 aromatic rings. The molecular weight excluding hydrogens is 508 g/mol. The molecule has 2 saturated heterocycles. The predicted molar refractivity (Wildman–Crippen MR) is 143 cm³/mol. The number of hydrogen-bond donors (Lipinski definition) is 2. The van der Waals surface area contributed by atoms with Gasteiger partial charge in [0.1, 0.15) is 17.7 Å². The third-order valence-electron chi connectivity index (χ3n) is 7.46. The summed E-state index contributed by atoms with van der Waals surface area (Å²) in [4.78, 5) is 30.6. The summed E-state index contributed by atoms with van der Waals surface area (Å²) in [6.07, 6.45) is 0.776. The Morgan fingerprint density at radius 3 is 2.54 bits per heavy atom. The number of nitrogens with zero attached hydrogens (tertiary/aromatic N) is 6. The Morgan fingerprint density at radius 2 is 1.82 bits per heavy atom. The molecule has 39 heavy (non-hydrogen) atoms. The molecule has 5 rings (SSSR count). The van der Waals surface area contributed by atoms with Crippen LogP contribution in [0.25, 0.3) is 16.9 Å². The lowest BCUT2D eigenvalue weighted by atomic mass is 9.92. The number of carbonyl (C=O) groups is 1. The molecule has 0 radical (unpaired) electrons. The molecular formula is C27H35F2N7O3. The number of piperidine rings is 1. The average molecular weight is 544 g/mol. The number of aliphatic hydroxyl groups excluding tert-OH is 1. The molecule has 12 heteroatoms. The highest BCUT2D eigenvalue weighted by Gasteiger charge is 2.28. The average Bonchev–Trinajstić information content (AvgIpc) is 3.36. The highest BCUT2D eigenvalue weighted by molar-refractivity contribution is 5.84. The molecule has 0 unspecified atom stereocenters. The molecule has 210 valence electrons. The van der Waals surface area contributed by atoms with Crippen molar-refractivity contribution in [3.8, 4) is 5.82 Å². The standard InChI is InChI=1S/C27H35F2N7O3/c1-18(26(38)35-10-8-19(9-11-35)5-4-14-37)30-27-32-22(34-12-15-39-16-13-34)17-23(33-27)36-21-7-3-2-6-20(21)31-25(36)24(28)29/h2-3,6-7,17-19,24,37H,4-5,8-16H2,1H3,(H,30,32,33)/t18-/m0/s1. The number of nitrogens with one attached hydrogen (secondary N) is 1. The number of para-hydroxylation sites is 2. The summed E-state index contributed by atoms with van der Waals surface area (Å²) < 4.78 is 35.0. The Labute approximate surface area is 226 Å². The number of benzene rings is 1. The van der Waals surface area contributed by atoms with Crippen molar-refractivity contribution in [2.45, 2.75) is 45.1 Å².